The molecule has 2 amide bonds. The van der Waals surface area contributed by atoms with Crippen molar-refractivity contribution in [1.82, 2.24) is 5.32 Å². The van der Waals surface area contributed by atoms with Crippen LogP contribution in [0.25, 0.3) is 0 Å². The van der Waals surface area contributed by atoms with Crippen LogP contribution in [0.15, 0.2) is 90.1 Å². The molecule has 0 aliphatic heterocycles. The van der Waals surface area contributed by atoms with Gasteiger partial charge < -0.3 is 28.0 Å². The normalized spacial score (nSPS) is 11.2. The fourth-order valence-corrected chi connectivity index (χ4v) is 4.28. The highest BCUT2D eigenvalue weighted by Gasteiger charge is 2.22. The molecule has 0 aliphatic rings. The second-order valence-electron chi connectivity index (χ2n) is 7.66. The zero-order chi connectivity index (χ0) is 23.5. The van der Waals surface area contributed by atoms with Crippen LogP contribution in [0.1, 0.15) is 35.2 Å². The van der Waals surface area contributed by atoms with E-state index in [1.807, 2.05) is 60.9 Å². The number of pyridine rings is 1. The molecule has 3 rings (SSSR count). The predicted octanol–water partition coefficient (Wildman–Crippen LogP) is 0.294. The molecule has 1 aromatic heterocycles. The summed E-state index contributed by atoms with van der Waals surface area (Å²) in [6.07, 6.45) is 6.39. The minimum atomic E-state index is -0.843. The molecule has 34 heavy (non-hydrogen) atoms. The second-order valence-corrected chi connectivity index (χ2v) is 8.76. The van der Waals surface area contributed by atoms with E-state index in [0.29, 0.717) is 23.3 Å². The summed E-state index contributed by atoms with van der Waals surface area (Å²) in [4.78, 5) is 37.9. The maximum atomic E-state index is 12.9. The fourth-order valence-electron chi connectivity index (χ4n) is 3.37. The molecule has 2 aromatic carbocycles. The zero-order valence-electron chi connectivity index (χ0n) is 18.7. The number of nitrogens with two attached hydrogens (primary N) is 1. The van der Waals surface area contributed by atoms with Gasteiger partial charge in [0.1, 0.15) is 12.6 Å². The van der Waals surface area contributed by atoms with Crippen LogP contribution >= 0.6 is 11.8 Å². The van der Waals surface area contributed by atoms with Crippen molar-refractivity contribution in [3.8, 4) is 0 Å². The van der Waals surface area contributed by atoms with Crippen LogP contribution in [0.4, 0.5) is 0 Å². The molecule has 0 saturated heterocycles. The van der Waals surface area contributed by atoms with Crippen molar-refractivity contribution in [2.45, 2.75) is 43.2 Å². The minimum absolute atomic E-state index is 0. The summed E-state index contributed by atoms with van der Waals surface area (Å²) in [6, 6.07) is 21.4. The number of aromatic nitrogens is 1. The molecule has 6 nitrogen and oxygen atoms in total. The average molecular weight is 542 g/mol. The summed E-state index contributed by atoms with van der Waals surface area (Å²) in [5.41, 5.74) is 6.78. The Kier molecular flexibility index (Phi) is 11.5. The molecule has 3 aromatic rings. The number of hydrogen-bond donors (Lipinski definition) is 2. The number of thioether (sulfide) groups is 1. The summed E-state index contributed by atoms with van der Waals surface area (Å²) < 4.78 is 2.09. The number of carbonyl (C=O) groups is 3. The van der Waals surface area contributed by atoms with E-state index in [1.54, 1.807) is 24.3 Å². The Morgan fingerprint density at radius 3 is 2.24 bits per heavy atom. The molecular weight excluding hydrogens is 514 g/mol. The van der Waals surface area contributed by atoms with Crippen LogP contribution in [0.3, 0.4) is 0 Å². The van der Waals surface area contributed by atoms with Crippen molar-refractivity contribution in [1.29, 1.82) is 0 Å². The average Bonchev–Trinajstić information content (AvgIpc) is 2.83. The van der Waals surface area contributed by atoms with Gasteiger partial charge in [0.15, 0.2) is 17.5 Å². The van der Waals surface area contributed by atoms with Crippen molar-refractivity contribution in [3.05, 3.63) is 96.3 Å². The Balaban J connectivity index is 0.00000408. The van der Waals surface area contributed by atoms with E-state index in [2.05, 4.69) is 9.88 Å². The highest BCUT2D eigenvalue weighted by atomic mass is 79.9. The van der Waals surface area contributed by atoms with E-state index < -0.39 is 17.9 Å². The third kappa shape index (κ3) is 8.76. The zero-order valence-corrected chi connectivity index (χ0v) is 21.1. The molecule has 0 bridgehead atoms. The molecule has 0 aliphatic carbocycles. The van der Waals surface area contributed by atoms with Crippen molar-refractivity contribution in [2.24, 2.45) is 5.73 Å². The summed E-state index contributed by atoms with van der Waals surface area (Å²) in [6.45, 7) is 0.855. The molecule has 0 saturated carbocycles. The smallest absolute Gasteiger partial charge is 0.253 e. The number of primary amides is 1. The number of benzene rings is 2. The molecule has 0 spiro atoms. The number of nitrogens with one attached hydrogen (secondary N) is 1. The van der Waals surface area contributed by atoms with Crippen LogP contribution in [0.2, 0.25) is 0 Å². The number of rotatable bonds is 11. The van der Waals surface area contributed by atoms with Crippen LogP contribution in [0.5, 0.6) is 0 Å². The van der Waals surface area contributed by atoms with Crippen molar-refractivity contribution in [2.75, 3.05) is 0 Å². The Labute approximate surface area is 214 Å². The summed E-state index contributed by atoms with van der Waals surface area (Å²) >= 11 is 1.06. The van der Waals surface area contributed by atoms with Crippen molar-refractivity contribution >= 4 is 28.7 Å². The predicted molar refractivity (Wildman–Crippen MR) is 128 cm³/mol. The molecule has 0 fully saturated rings. The van der Waals surface area contributed by atoms with Crippen molar-refractivity contribution in [3.63, 3.8) is 0 Å². The minimum Gasteiger partial charge on any atom is -1.00 e. The highest BCUT2D eigenvalue weighted by molar-refractivity contribution is 8.13. The Morgan fingerprint density at radius 1 is 0.882 bits per heavy atom. The number of carbonyl (C=O) groups excluding carboxylic acids is 3. The van der Waals surface area contributed by atoms with Gasteiger partial charge in [0.25, 0.3) is 5.91 Å². The van der Waals surface area contributed by atoms with Crippen molar-refractivity contribution < 1.29 is 35.9 Å². The van der Waals surface area contributed by atoms with E-state index in [4.69, 9.17) is 5.73 Å². The third-order valence-corrected chi connectivity index (χ3v) is 6.12. The van der Waals surface area contributed by atoms with Gasteiger partial charge >= 0.3 is 0 Å². The van der Waals surface area contributed by atoms with Gasteiger partial charge in [-0.2, -0.15) is 0 Å². The van der Waals surface area contributed by atoms with Gasteiger partial charge in [0.2, 0.25) is 5.91 Å². The number of aryl methyl sites for hydroxylation is 1. The number of unbranched alkanes of at least 4 members (excludes halogenated alkanes) is 1. The van der Waals surface area contributed by atoms with Crippen LogP contribution in [-0.4, -0.2) is 23.0 Å². The molecule has 1 unspecified atom stereocenters. The Hall–Kier alpha value is -2.97. The van der Waals surface area contributed by atoms with Crippen LogP contribution in [0, 0.1) is 0 Å². The number of halogens is 1. The molecule has 0 radical (unpaired) electrons. The van der Waals surface area contributed by atoms with Gasteiger partial charge in [-0.05, 0) is 24.1 Å². The van der Waals surface area contributed by atoms with Gasteiger partial charge in [-0.1, -0.05) is 60.3 Å². The lowest BCUT2D eigenvalue weighted by Gasteiger charge is -2.17. The number of hydrogen-bond acceptors (Lipinski definition) is 4. The number of amides is 2. The topological polar surface area (TPSA) is 93.1 Å². The van der Waals surface area contributed by atoms with E-state index in [-0.39, 0.29) is 22.1 Å². The molecule has 8 heteroatoms. The van der Waals surface area contributed by atoms with Gasteiger partial charge in [-0.3, -0.25) is 14.4 Å². The fraction of sp³-hybridized carbons (Fsp3) is 0.231. The standard InChI is InChI=1S/C26H27N3O3S.BrH/c27-25(31)22(19-20-11-3-1-4-12-20)28-26(32)21-13-5-6-14-23(21)33-24(30)15-7-10-18-29-16-8-2-9-17-29;/h1-6,8-9,11-14,16-17,22H,7,10,15,18-19H2,(H2-,27,28,31,32);1H. The maximum Gasteiger partial charge on any atom is 0.253 e. The molecule has 178 valence electrons. The summed E-state index contributed by atoms with van der Waals surface area (Å²) in [5, 5.41) is 2.73. The quantitative estimate of drug-likeness (QED) is 0.207. The van der Waals surface area contributed by atoms with Gasteiger partial charge in [0.05, 0.1) is 5.56 Å². The monoisotopic (exact) mass is 541 g/mol. The second kappa shape index (κ2) is 14.3. The third-order valence-electron chi connectivity index (χ3n) is 5.11. The lowest BCUT2D eigenvalue weighted by atomic mass is 10.0. The molecular formula is C26H28BrN3O3S. The molecule has 3 N–H and O–H groups in total. The summed E-state index contributed by atoms with van der Waals surface area (Å²) in [5.74, 6) is -1.03. The first-order valence-corrected chi connectivity index (χ1v) is 11.7. The SMILES string of the molecule is NC(=O)C(Cc1ccccc1)NC(=O)c1ccccc1SC(=O)CCCC[n+]1ccccc1.[Br-]. The van der Waals surface area contributed by atoms with Crippen LogP contribution in [-0.2, 0) is 22.6 Å². The lowest BCUT2D eigenvalue weighted by molar-refractivity contribution is -0.697. The largest absolute Gasteiger partial charge is 1.00 e. The van der Waals surface area contributed by atoms with Gasteiger partial charge in [-0.25, -0.2) is 4.57 Å². The van der Waals surface area contributed by atoms with Gasteiger partial charge in [-0.15, -0.1) is 0 Å². The maximum absolute atomic E-state index is 12.9. The van der Waals surface area contributed by atoms with Gasteiger partial charge in [0, 0.05) is 36.3 Å². The van der Waals surface area contributed by atoms with E-state index in [0.717, 1.165) is 36.7 Å². The van der Waals surface area contributed by atoms with E-state index in [9.17, 15) is 14.4 Å². The first-order valence-electron chi connectivity index (χ1n) is 10.9. The van der Waals surface area contributed by atoms with E-state index in [1.165, 1.54) is 0 Å². The summed E-state index contributed by atoms with van der Waals surface area (Å²) in [7, 11) is 0. The van der Waals surface area contributed by atoms with Crippen LogP contribution < -0.4 is 32.6 Å². The molecule has 1 atom stereocenters. The number of nitrogens with zero attached hydrogens (tertiary/aromatic N) is 1. The highest BCUT2D eigenvalue weighted by Crippen LogP contribution is 2.25. The Bertz CT molecular complexity index is 1080. The first kappa shape index (κ1) is 27.3. The molecule has 1 heterocycles. The first-order chi connectivity index (χ1) is 16.0. The lowest BCUT2D eigenvalue weighted by Crippen LogP contribution is -3.00. The van der Waals surface area contributed by atoms with E-state index >= 15 is 0 Å². The Morgan fingerprint density at radius 2 is 1.53 bits per heavy atom.